The molecular weight excluding hydrogens is 500 g/mol. The molecule has 0 fully saturated rings. The molecule has 0 saturated carbocycles. The second kappa shape index (κ2) is 11.5. The molecule has 0 aliphatic heterocycles. The Hall–Kier alpha value is -3.63. The van der Waals surface area contributed by atoms with Crippen molar-refractivity contribution < 1.29 is 32.4 Å². The summed E-state index contributed by atoms with van der Waals surface area (Å²) in [5, 5.41) is 14.3. The van der Waals surface area contributed by atoms with Gasteiger partial charge < -0.3 is 10.1 Å². The Labute approximate surface area is 201 Å². The summed E-state index contributed by atoms with van der Waals surface area (Å²) in [5.74, 6) is -2.99. The lowest BCUT2D eigenvalue weighted by Crippen LogP contribution is -2.18. The van der Waals surface area contributed by atoms with Crippen molar-refractivity contribution in [3.63, 3.8) is 0 Å². The number of carbonyl (C=O) groups is 2. The molecule has 0 unspecified atom stereocenters. The van der Waals surface area contributed by atoms with E-state index in [1.807, 2.05) is 6.07 Å². The van der Waals surface area contributed by atoms with Gasteiger partial charge in [-0.3, -0.25) is 19.7 Å². The number of ether oxygens (including phenoxy) is 1. The number of non-ortho nitro benzene ring substituents is 1. The molecule has 34 heavy (non-hydrogen) atoms. The zero-order chi connectivity index (χ0) is 25.5. The van der Waals surface area contributed by atoms with Crippen molar-refractivity contribution >= 4 is 46.5 Å². The monoisotopic (exact) mass is 514 g/mol. The third-order valence-electron chi connectivity index (χ3n) is 3.91. The van der Waals surface area contributed by atoms with E-state index < -0.39 is 39.9 Å². The van der Waals surface area contributed by atoms with E-state index in [4.69, 9.17) is 23.2 Å². The molecule has 0 bridgehead atoms. The fraction of sp³-hybridized carbons (Fsp3) is 0.0909. The average molecular weight is 515 g/mol. The molecule has 0 aliphatic rings. The maximum Gasteiger partial charge on any atom is 0.420 e. The lowest BCUT2D eigenvalue weighted by Gasteiger charge is -2.15. The first kappa shape index (κ1) is 26.6. The zero-order valence-electron chi connectivity index (χ0n) is 17.2. The normalized spacial score (nSPS) is 10.5. The minimum Gasteiger partial charge on any atom is -0.425 e. The van der Waals surface area contributed by atoms with E-state index in [9.17, 15) is 32.9 Å². The van der Waals surface area contributed by atoms with Crippen LogP contribution in [-0.2, 0) is 11.0 Å². The minimum atomic E-state index is -4.85. The predicted molar refractivity (Wildman–Crippen MR) is 120 cm³/mol. The van der Waals surface area contributed by atoms with Gasteiger partial charge in [-0.05, 0) is 36.4 Å². The van der Waals surface area contributed by atoms with Gasteiger partial charge >= 0.3 is 12.1 Å². The SMILES string of the molecule is CC(=O)Oc1c(C(=O)Nc2cccc([N+](=O)[O-])c2)cccc1C(F)(F)F.Clc1cccc(Cl)c1. The number of alkyl halides is 3. The van der Waals surface area contributed by atoms with Crippen LogP contribution in [0.25, 0.3) is 0 Å². The second-order valence-corrected chi connectivity index (χ2v) is 7.35. The molecule has 0 aromatic heterocycles. The summed E-state index contributed by atoms with van der Waals surface area (Å²) in [6, 6.07) is 14.6. The maximum atomic E-state index is 13.1. The van der Waals surface area contributed by atoms with Crippen LogP contribution in [0.2, 0.25) is 10.0 Å². The number of esters is 1. The van der Waals surface area contributed by atoms with Crippen molar-refractivity contribution in [2.75, 3.05) is 5.32 Å². The van der Waals surface area contributed by atoms with Crippen LogP contribution in [0.1, 0.15) is 22.8 Å². The number of nitrogens with zero attached hydrogens (tertiary/aromatic N) is 1. The fourth-order valence-corrected chi connectivity index (χ4v) is 2.98. The molecule has 0 radical (unpaired) electrons. The van der Waals surface area contributed by atoms with Gasteiger partial charge in [0.15, 0.2) is 5.75 Å². The molecule has 178 valence electrons. The predicted octanol–water partition coefficient (Wildman–Crippen LogP) is 6.78. The van der Waals surface area contributed by atoms with Crippen LogP contribution in [-0.4, -0.2) is 16.8 Å². The summed E-state index contributed by atoms with van der Waals surface area (Å²) >= 11 is 11.1. The Balaban J connectivity index is 0.000000430. The highest BCUT2D eigenvalue weighted by molar-refractivity contribution is 6.34. The molecule has 0 aliphatic carbocycles. The lowest BCUT2D eigenvalue weighted by molar-refractivity contribution is -0.384. The Bertz CT molecular complexity index is 1200. The number of anilines is 1. The van der Waals surface area contributed by atoms with Crippen molar-refractivity contribution in [2.45, 2.75) is 13.1 Å². The first-order valence-electron chi connectivity index (χ1n) is 9.24. The third kappa shape index (κ3) is 7.75. The number of benzene rings is 3. The highest BCUT2D eigenvalue weighted by Crippen LogP contribution is 2.38. The number of hydrogen-bond donors (Lipinski definition) is 1. The van der Waals surface area contributed by atoms with Gasteiger partial charge in [0, 0.05) is 34.8 Å². The van der Waals surface area contributed by atoms with Crippen LogP contribution >= 0.6 is 23.2 Å². The van der Waals surface area contributed by atoms with Crippen LogP contribution in [0, 0.1) is 10.1 Å². The van der Waals surface area contributed by atoms with Gasteiger partial charge in [0.25, 0.3) is 11.6 Å². The molecule has 0 heterocycles. The van der Waals surface area contributed by atoms with E-state index in [1.54, 1.807) is 18.2 Å². The summed E-state index contributed by atoms with van der Waals surface area (Å²) in [5.41, 5.74) is -2.15. The maximum absolute atomic E-state index is 13.1. The van der Waals surface area contributed by atoms with Crippen LogP contribution in [0.15, 0.2) is 66.7 Å². The third-order valence-corrected chi connectivity index (χ3v) is 4.38. The summed E-state index contributed by atoms with van der Waals surface area (Å²) in [6.07, 6.45) is -4.85. The van der Waals surface area contributed by atoms with Crippen molar-refractivity contribution in [1.82, 2.24) is 0 Å². The van der Waals surface area contributed by atoms with E-state index in [-0.39, 0.29) is 11.4 Å². The molecule has 0 atom stereocenters. The fourth-order valence-electron chi connectivity index (χ4n) is 2.55. The number of para-hydroxylation sites is 1. The number of carbonyl (C=O) groups excluding carboxylic acids is 2. The number of rotatable bonds is 4. The quantitative estimate of drug-likeness (QED) is 0.179. The topological polar surface area (TPSA) is 98.5 Å². The van der Waals surface area contributed by atoms with Gasteiger partial charge in [-0.15, -0.1) is 0 Å². The summed E-state index contributed by atoms with van der Waals surface area (Å²) in [7, 11) is 0. The van der Waals surface area contributed by atoms with Gasteiger partial charge in [0.05, 0.1) is 16.1 Å². The summed E-state index contributed by atoms with van der Waals surface area (Å²) in [4.78, 5) is 33.5. The van der Waals surface area contributed by atoms with E-state index in [0.717, 1.165) is 25.1 Å². The number of nitrogens with one attached hydrogen (secondary N) is 1. The lowest BCUT2D eigenvalue weighted by atomic mass is 10.1. The molecular formula is C22H15Cl2F3N2O5. The molecule has 3 aromatic carbocycles. The van der Waals surface area contributed by atoms with Crippen LogP contribution < -0.4 is 10.1 Å². The van der Waals surface area contributed by atoms with Gasteiger partial charge in [0.2, 0.25) is 0 Å². The molecule has 1 amide bonds. The number of nitro benzene ring substituents is 1. The summed E-state index contributed by atoms with van der Waals surface area (Å²) in [6.45, 7) is 0.898. The number of hydrogen-bond acceptors (Lipinski definition) is 5. The number of amides is 1. The largest absolute Gasteiger partial charge is 0.425 e. The van der Waals surface area contributed by atoms with E-state index in [0.29, 0.717) is 16.1 Å². The smallest absolute Gasteiger partial charge is 0.420 e. The van der Waals surface area contributed by atoms with Crippen molar-refractivity contribution in [2.24, 2.45) is 0 Å². The van der Waals surface area contributed by atoms with Crippen LogP contribution in [0.5, 0.6) is 5.75 Å². The van der Waals surface area contributed by atoms with Crippen molar-refractivity contribution in [3.05, 3.63) is 98.0 Å². The van der Waals surface area contributed by atoms with Gasteiger partial charge in [0.1, 0.15) is 0 Å². The zero-order valence-corrected chi connectivity index (χ0v) is 18.7. The van der Waals surface area contributed by atoms with Crippen LogP contribution in [0.4, 0.5) is 24.5 Å². The molecule has 0 saturated heterocycles. The standard InChI is InChI=1S/C16H11F3N2O5.C6H4Cl2/c1-9(22)26-14-12(6-3-7-13(14)16(17,18)19)15(23)20-10-4-2-5-11(8-10)21(24)25;7-5-2-1-3-6(8)4-5/h2-8H,1H3,(H,20,23);1-4H. The Morgan fingerprint density at radius 2 is 1.56 bits per heavy atom. The second-order valence-electron chi connectivity index (χ2n) is 6.48. The molecule has 1 N–H and O–H groups in total. The first-order valence-corrected chi connectivity index (χ1v) is 9.99. The van der Waals surface area contributed by atoms with E-state index >= 15 is 0 Å². The molecule has 0 spiro atoms. The number of halogens is 5. The van der Waals surface area contributed by atoms with E-state index in [2.05, 4.69) is 10.1 Å². The highest BCUT2D eigenvalue weighted by Gasteiger charge is 2.37. The van der Waals surface area contributed by atoms with Gasteiger partial charge in [-0.25, -0.2) is 0 Å². The average Bonchev–Trinajstić information content (AvgIpc) is 2.73. The van der Waals surface area contributed by atoms with Gasteiger partial charge in [-0.1, -0.05) is 41.4 Å². The van der Waals surface area contributed by atoms with Crippen LogP contribution in [0.3, 0.4) is 0 Å². The summed E-state index contributed by atoms with van der Waals surface area (Å²) < 4.78 is 43.9. The van der Waals surface area contributed by atoms with Crippen molar-refractivity contribution in [1.29, 1.82) is 0 Å². The molecule has 12 heteroatoms. The molecule has 3 aromatic rings. The first-order chi connectivity index (χ1) is 15.9. The number of nitro groups is 1. The highest BCUT2D eigenvalue weighted by atomic mass is 35.5. The minimum absolute atomic E-state index is 0.00427. The Morgan fingerprint density at radius 1 is 0.971 bits per heavy atom. The van der Waals surface area contributed by atoms with Crippen molar-refractivity contribution in [3.8, 4) is 5.75 Å². The molecule has 3 rings (SSSR count). The Morgan fingerprint density at radius 3 is 2.06 bits per heavy atom. The Kier molecular flexibility index (Phi) is 8.99. The van der Waals surface area contributed by atoms with Gasteiger partial charge in [-0.2, -0.15) is 13.2 Å². The molecule has 7 nitrogen and oxygen atoms in total. The van der Waals surface area contributed by atoms with E-state index in [1.165, 1.54) is 18.2 Å².